The smallest absolute Gasteiger partial charge is 0.253 e. The third-order valence-electron chi connectivity index (χ3n) is 3.41. The van der Waals surface area contributed by atoms with Crippen molar-refractivity contribution in [1.82, 2.24) is 4.90 Å². The molecule has 0 spiro atoms. The number of hydrogen-bond acceptors (Lipinski definition) is 3. The van der Waals surface area contributed by atoms with E-state index >= 15 is 0 Å². The van der Waals surface area contributed by atoms with Crippen LogP contribution in [0.1, 0.15) is 23.2 Å². The second-order valence-electron chi connectivity index (χ2n) is 4.74. The van der Waals surface area contributed by atoms with Crippen LogP contribution in [0.2, 0.25) is 5.02 Å². The Morgan fingerprint density at radius 3 is 2.95 bits per heavy atom. The van der Waals surface area contributed by atoms with Crippen molar-refractivity contribution in [2.24, 2.45) is 16.8 Å². The molecule has 2 rings (SSSR count). The van der Waals surface area contributed by atoms with Crippen LogP contribution in [0.15, 0.2) is 27.8 Å². The Labute approximate surface area is 130 Å². The number of carbonyl (C=O) groups excluding carboxylic acids is 1. The number of benzene rings is 1. The van der Waals surface area contributed by atoms with E-state index in [0.717, 1.165) is 12.8 Å². The Kier molecular flexibility index (Phi) is 4.88. The van der Waals surface area contributed by atoms with Crippen molar-refractivity contribution in [3.63, 3.8) is 0 Å². The van der Waals surface area contributed by atoms with E-state index in [4.69, 9.17) is 22.5 Å². The van der Waals surface area contributed by atoms with Crippen molar-refractivity contribution in [3.05, 3.63) is 33.3 Å². The van der Waals surface area contributed by atoms with E-state index in [1.807, 2.05) is 0 Å². The van der Waals surface area contributed by atoms with E-state index in [9.17, 15) is 4.79 Å². The molecule has 1 heterocycles. The normalized spacial score (nSPS) is 20.0. The van der Waals surface area contributed by atoms with Crippen molar-refractivity contribution in [3.8, 4) is 0 Å². The van der Waals surface area contributed by atoms with Gasteiger partial charge in [0.25, 0.3) is 5.91 Å². The van der Waals surface area contributed by atoms with Gasteiger partial charge in [0.05, 0.1) is 5.02 Å². The number of oxime groups is 1. The quantitative estimate of drug-likeness (QED) is 0.368. The molecular formula is C13H15BrClN3O2. The number of amidine groups is 1. The standard InChI is InChI=1S/C13H15BrClN3O2/c14-10-6-8(3-4-11(10)15)13(19)18-5-1-2-9(7-18)12(16)17-20/h3-4,6,9,20H,1-2,5,7H2,(H2,16,17). The van der Waals surface area contributed by atoms with Gasteiger partial charge in [0.15, 0.2) is 0 Å². The third-order valence-corrected chi connectivity index (χ3v) is 4.62. The molecule has 1 aliphatic rings. The Bertz CT molecular complexity index is 550. The highest BCUT2D eigenvalue weighted by molar-refractivity contribution is 9.10. The molecule has 0 saturated carbocycles. The molecule has 1 aliphatic heterocycles. The molecule has 5 nitrogen and oxygen atoms in total. The van der Waals surface area contributed by atoms with Gasteiger partial charge in [-0.15, -0.1) is 0 Å². The van der Waals surface area contributed by atoms with Crippen LogP contribution < -0.4 is 5.73 Å². The zero-order valence-electron chi connectivity index (χ0n) is 10.7. The molecule has 0 aromatic heterocycles. The van der Waals surface area contributed by atoms with Gasteiger partial charge in [-0.2, -0.15) is 0 Å². The highest BCUT2D eigenvalue weighted by Crippen LogP contribution is 2.25. The zero-order valence-corrected chi connectivity index (χ0v) is 13.1. The minimum absolute atomic E-state index is 0.0715. The Morgan fingerprint density at radius 1 is 1.55 bits per heavy atom. The minimum Gasteiger partial charge on any atom is -0.409 e. The van der Waals surface area contributed by atoms with Crippen molar-refractivity contribution in [2.45, 2.75) is 12.8 Å². The number of likely N-dealkylation sites (tertiary alicyclic amines) is 1. The predicted octanol–water partition coefficient (Wildman–Crippen LogP) is 2.70. The molecule has 1 aromatic carbocycles. The average molecular weight is 361 g/mol. The summed E-state index contributed by atoms with van der Waals surface area (Å²) in [6, 6.07) is 5.09. The Morgan fingerprint density at radius 2 is 2.30 bits per heavy atom. The van der Waals surface area contributed by atoms with Crippen LogP contribution in [-0.4, -0.2) is 34.9 Å². The predicted molar refractivity (Wildman–Crippen MR) is 81.2 cm³/mol. The lowest BCUT2D eigenvalue weighted by Crippen LogP contribution is -2.44. The lowest BCUT2D eigenvalue weighted by molar-refractivity contribution is 0.0701. The van der Waals surface area contributed by atoms with E-state index in [-0.39, 0.29) is 17.7 Å². The largest absolute Gasteiger partial charge is 0.409 e. The molecule has 1 unspecified atom stereocenters. The molecule has 1 amide bonds. The first-order chi connectivity index (χ1) is 9.52. The SMILES string of the molecule is N/C(=N/O)C1CCCN(C(=O)c2ccc(Cl)c(Br)c2)C1. The summed E-state index contributed by atoms with van der Waals surface area (Å²) in [7, 11) is 0. The first-order valence-corrected chi connectivity index (χ1v) is 7.41. The maximum Gasteiger partial charge on any atom is 0.253 e. The van der Waals surface area contributed by atoms with Gasteiger partial charge in [0.1, 0.15) is 5.84 Å². The zero-order chi connectivity index (χ0) is 14.7. The molecule has 0 aliphatic carbocycles. The van der Waals surface area contributed by atoms with E-state index < -0.39 is 0 Å². The van der Waals surface area contributed by atoms with Crippen LogP contribution in [0.25, 0.3) is 0 Å². The summed E-state index contributed by atoms with van der Waals surface area (Å²) in [5.41, 5.74) is 6.20. The Hall–Kier alpha value is -1.27. The van der Waals surface area contributed by atoms with Gasteiger partial charge >= 0.3 is 0 Å². The number of nitrogens with zero attached hydrogens (tertiary/aromatic N) is 2. The molecule has 3 N–H and O–H groups in total. The fourth-order valence-corrected chi connectivity index (χ4v) is 2.79. The van der Waals surface area contributed by atoms with Gasteiger partial charge in [-0.1, -0.05) is 16.8 Å². The molecule has 1 saturated heterocycles. The second kappa shape index (κ2) is 6.45. The van der Waals surface area contributed by atoms with E-state index in [0.29, 0.717) is 28.1 Å². The topological polar surface area (TPSA) is 78.9 Å². The average Bonchev–Trinajstić information content (AvgIpc) is 2.48. The Balaban J connectivity index is 2.14. The van der Waals surface area contributed by atoms with Crippen molar-refractivity contribution in [2.75, 3.05) is 13.1 Å². The number of piperidine rings is 1. The van der Waals surface area contributed by atoms with Gasteiger partial charge in [0.2, 0.25) is 0 Å². The molecule has 1 aromatic rings. The van der Waals surface area contributed by atoms with Gasteiger partial charge in [0, 0.05) is 29.0 Å². The maximum atomic E-state index is 12.4. The van der Waals surface area contributed by atoms with Crippen LogP contribution in [0.4, 0.5) is 0 Å². The number of nitrogens with two attached hydrogens (primary N) is 1. The fourth-order valence-electron chi connectivity index (χ4n) is 2.30. The molecule has 20 heavy (non-hydrogen) atoms. The highest BCUT2D eigenvalue weighted by atomic mass is 79.9. The molecule has 0 radical (unpaired) electrons. The summed E-state index contributed by atoms with van der Waals surface area (Å²) < 4.78 is 0.690. The molecule has 1 atom stereocenters. The first-order valence-electron chi connectivity index (χ1n) is 6.24. The summed E-state index contributed by atoms with van der Waals surface area (Å²) in [6.07, 6.45) is 1.66. The van der Waals surface area contributed by atoms with Crippen LogP contribution in [0.5, 0.6) is 0 Å². The number of halogens is 2. The van der Waals surface area contributed by atoms with Gasteiger partial charge in [-0.25, -0.2) is 0 Å². The van der Waals surface area contributed by atoms with Gasteiger partial charge < -0.3 is 15.8 Å². The highest BCUT2D eigenvalue weighted by Gasteiger charge is 2.27. The van der Waals surface area contributed by atoms with Crippen LogP contribution in [0.3, 0.4) is 0 Å². The van der Waals surface area contributed by atoms with E-state index in [1.165, 1.54) is 0 Å². The van der Waals surface area contributed by atoms with Gasteiger partial charge in [-0.3, -0.25) is 4.79 Å². The fraction of sp³-hybridized carbons (Fsp3) is 0.385. The first kappa shape index (κ1) is 15.1. The van der Waals surface area contributed by atoms with Crippen LogP contribution >= 0.6 is 27.5 Å². The summed E-state index contributed by atoms with van der Waals surface area (Å²) in [6.45, 7) is 1.14. The van der Waals surface area contributed by atoms with E-state index in [2.05, 4.69) is 21.1 Å². The monoisotopic (exact) mass is 359 g/mol. The van der Waals surface area contributed by atoms with E-state index in [1.54, 1.807) is 23.1 Å². The minimum atomic E-state index is -0.0894. The van der Waals surface area contributed by atoms with Crippen molar-refractivity contribution < 1.29 is 10.0 Å². The molecule has 7 heteroatoms. The van der Waals surface area contributed by atoms with Crippen LogP contribution in [-0.2, 0) is 0 Å². The second-order valence-corrected chi connectivity index (χ2v) is 6.01. The lowest BCUT2D eigenvalue weighted by Gasteiger charge is -2.32. The maximum absolute atomic E-state index is 12.4. The number of carbonyl (C=O) groups is 1. The number of amides is 1. The molecule has 0 bridgehead atoms. The molecular weight excluding hydrogens is 346 g/mol. The van der Waals surface area contributed by atoms with Crippen molar-refractivity contribution in [1.29, 1.82) is 0 Å². The van der Waals surface area contributed by atoms with Gasteiger partial charge in [-0.05, 0) is 47.0 Å². The summed E-state index contributed by atoms with van der Waals surface area (Å²) in [4.78, 5) is 14.2. The number of rotatable bonds is 2. The third kappa shape index (κ3) is 3.24. The lowest BCUT2D eigenvalue weighted by atomic mass is 9.96. The molecule has 108 valence electrons. The summed E-state index contributed by atoms with van der Waals surface area (Å²) in [5, 5.41) is 12.3. The number of hydrogen-bond donors (Lipinski definition) is 2. The van der Waals surface area contributed by atoms with Crippen molar-refractivity contribution >= 4 is 39.3 Å². The summed E-state index contributed by atoms with van der Waals surface area (Å²) in [5.74, 6) is 0.0195. The van der Waals surface area contributed by atoms with Crippen LogP contribution in [0, 0.1) is 5.92 Å². The molecule has 1 fully saturated rings. The summed E-state index contributed by atoms with van der Waals surface area (Å²) >= 11 is 9.23.